The smallest absolute Gasteiger partial charge is 0.135 e. The molecule has 0 fully saturated rings. The molecule has 0 saturated heterocycles. The number of nitrogens with zero attached hydrogens (tertiary/aromatic N) is 4. The molecule has 0 unspecified atom stereocenters. The van der Waals surface area contributed by atoms with E-state index in [-0.39, 0.29) is 59.0 Å². The zero-order valence-corrected chi connectivity index (χ0v) is 57.9. The second-order valence-electron chi connectivity index (χ2n) is 31.4. The Morgan fingerprint density at radius 2 is 1.05 bits per heavy atom. The molecule has 456 valence electrons. The van der Waals surface area contributed by atoms with E-state index in [9.17, 15) is 0 Å². The first kappa shape index (κ1) is 62.4. The minimum Gasteiger partial charge on any atom is -0.509 e. The average molecular weight is 1340 g/mol. The van der Waals surface area contributed by atoms with Gasteiger partial charge in [-0.1, -0.05) is 228 Å². The summed E-state index contributed by atoms with van der Waals surface area (Å²) in [5, 5.41) is 2.26. The number of rotatable bonds is 8. The van der Waals surface area contributed by atoms with Crippen molar-refractivity contribution in [3.8, 4) is 50.7 Å². The maximum absolute atomic E-state index is 6.97. The van der Waals surface area contributed by atoms with Crippen LogP contribution < -0.4 is 14.5 Å². The van der Waals surface area contributed by atoms with E-state index in [1.807, 2.05) is 6.07 Å². The predicted molar refractivity (Wildman–Crippen MR) is 369 cm³/mol. The molecule has 2 aromatic heterocycles. The summed E-state index contributed by atoms with van der Waals surface area (Å²) >= 11 is 0. The Hall–Kier alpha value is -7.20. The molecule has 5 nitrogen and oxygen atoms in total. The number of pyridine rings is 1. The van der Waals surface area contributed by atoms with Gasteiger partial charge in [0, 0.05) is 78.0 Å². The van der Waals surface area contributed by atoms with Crippen molar-refractivity contribution in [2.75, 3.05) is 9.80 Å². The van der Waals surface area contributed by atoms with Crippen molar-refractivity contribution in [1.82, 2.24) is 9.55 Å². The summed E-state index contributed by atoms with van der Waals surface area (Å²) < 4.78 is 9.27. The van der Waals surface area contributed by atoms with E-state index in [0.717, 1.165) is 68.8 Å². The quantitative estimate of drug-likeness (QED) is 0.142. The molecule has 3 heterocycles. The third kappa shape index (κ3) is 11.5. The number of ether oxygens (including phenoxy) is 1. The zero-order valence-electron chi connectivity index (χ0n) is 55.6. The second-order valence-corrected chi connectivity index (χ2v) is 31.4. The van der Waals surface area contributed by atoms with E-state index in [2.05, 4.69) is 323 Å². The van der Waals surface area contributed by atoms with Crippen molar-refractivity contribution < 1.29 is 25.8 Å². The Kier molecular flexibility index (Phi) is 15.7. The SMILES string of the molecule is CC(C)(C)c1cc(-c2cc(C(C)(C)C)cc(-c3ccccc3)c2N2[CH-]N(c3[c-]c(Oc4[c-]c5c(cc4)c4cc(C(C)(C)C)ccc4n5-c4cc(C(C)(C)C)c(-c5cccc6c5C(C)(C)CCC6(C)C)cn4)ccc3)c3ccccc32)cc(C(C)(C)C)c1.[Pt]. The van der Waals surface area contributed by atoms with Crippen LogP contribution in [0.25, 0.3) is 61.0 Å². The Balaban J connectivity index is 0.00000800. The van der Waals surface area contributed by atoms with E-state index in [0.29, 0.717) is 11.5 Å². The van der Waals surface area contributed by atoms with Crippen molar-refractivity contribution in [2.45, 2.75) is 182 Å². The molecule has 1 aliphatic carbocycles. The van der Waals surface area contributed by atoms with Gasteiger partial charge in [-0.15, -0.1) is 48.1 Å². The van der Waals surface area contributed by atoms with Crippen LogP contribution in [0.15, 0.2) is 164 Å². The summed E-state index contributed by atoms with van der Waals surface area (Å²) in [5.41, 5.74) is 22.3. The van der Waals surface area contributed by atoms with Gasteiger partial charge in [-0.25, -0.2) is 4.98 Å². The minimum atomic E-state index is -0.192. The van der Waals surface area contributed by atoms with Gasteiger partial charge in [-0.2, -0.15) is 12.1 Å². The molecule has 0 bridgehead atoms. The van der Waals surface area contributed by atoms with Crippen LogP contribution >= 0.6 is 0 Å². The molecule has 0 N–H and O–H groups in total. The van der Waals surface area contributed by atoms with E-state index >= 15 is 0 Å². The van der Waals surface area contributed by atoms with Crippen molar-refractivity contribution in [2.24, 2.45) is 0 Å². The Morgan fingerprint density at radius 3 is 1.68 bits per heavy atom. The predicted octanol–water partition coefficient (Wildman–Crippen LogP) is 22.8. The molecular weight excluding hydrogens is 1250 g/mol. The first-order valence-corrected chi connectivity index (χ1v) is 31.6. The third-order valence-corrected chi connectivity index (χ3v) is 18.7. The number of benzene rings is 8. The van der Waals surface area contributed by atoms with Gasteiger partial charge in [-0.3, -0.25) is 0 Å². The molecule has 10 aromatic rings. The van der Waals surface area contributed by atoms with Gasteiger partial charge < -0.3 is 19.1 Å². The Labute approximate surface area is 540 Å². The van der Waals surface area contributed by atoms with Gasteiger partial charge in [0.1, 0.15) is 5.82 Å². The molecule has 0 saturated carbocycles. The fourth-order valence-electron chi connectivity index (χ4n) is 13.3. The van der Waals surface area contributed by atoms with Crippen LogP contribution in [0.3, 0.4) is 0 Å². The van der Waals surface area contributed by atoms with Crippen LogP contribution in [0.2, 0.25) is 0 Å². The van der Waals surface area contributed by atoms with Gasteiger partial charge in [-0.05, 0) is 148 Å². The first-order valence-electron chi connectivity index (χ1n) is 31.6. The first-order chi connectivity index (χ1) is 40.8. The monoisotopic (exact) mass is 1340 g/mol. The van der Waals surface area contributed by atoms with Gasteiger partial charge in [0.2, 0.25) is 0 Å². The standard InChI is InChI=1S/C82H89N4O.Pt/c1-76(2,3)54-35-38-69-65(44-54)61-37-36-60(48-72(61)86(69)73-49-68(80(13,14)15)66(50-83-73)62-31-26-32-67-74(62)82(18,19)40-39-81(67,16)17)87-59-30-25-29-58(47-59)84-51-85(71-34-24-23-33-70(71)84)75-63(52-27-21-20-22-28-52)45-57(79(10,11)12)46-64(75)53-41-55(77(4,5)6)43-56(42-53)78(7,8)9;/h20-38,41-46,49-51H,39-40H2,1-19H3;/q-3;. The molecule has 12 rings (SSSR count). The molecule has 88 heavy (non-hydrogen) atoms. The molecule has 2 aliphatic rings. The number of fused-ring (bicyclic) bond motifs is 5. The van der Waals surface area contributed by atoms with E-state index in [1.165, 1.54) is 66.8 Å². The molecule has 6 heteroatoms. The molecular formula is C82H89N4OPt-3. The molecule has 0 radical (unpaired) electrons. The van der Waals surface area contributed by atoms with Crippen molar-refractivity contribution >= 4 is 44.6 Å². The Bertz CT molecular complexity index is 4280. The van der Waals surface area contributed by atoms with Crippen LogP contribution in [-0.2, 0) is 59.0 Å². The summed E-state index contributed by atoms with van der Waals surface area (Å²) in [6.45, 7) is 46.7. The van der Waals surface area contributed by atoms with Gasteiger partial charge >= 0.3 is 0 Å². The summed E-state index contributed by atoms with van der Waals surface area (Å²) in [7, 11) is 0. The van der Waals surface area contributed by atoms with Crippen molar-refractivity contribution in [3.05, 3.63) is 222 Å². The maximum Gasteiger partial charge on any atom is 0.135 e. The van der Waals surface area contributed by atoms with Crippen LogP contribution in [0.4, 0.5) is 22.7 Å². The summed E-state index contributed by atoms with van der Waals surface area (Å²) in [4.78, 5) is 10.1. The van der Waals surface area contributed by atoms with Crippen molar-refractivity contribution in [3.63, 3.8) is 0 Å². The largest absolute Gasteiger partial charge is 0.509 e. The molecule has 1 aliphatic heterocycles. The molecule has 0 atom stereocenters. The number of hydrogen-bond donors (Lipinski definition) is 0. The topological polar surface area (TPSA) is 33.5 Å². The molecule has 0 spiro atoms. The van der Waals surface area contributed by atoms with E-state index in [1.54, 1.807) is 0 Å². The number of hydrogen-bond acceptors (Lipinski definition) is 4. The summed E-state index contributed by atoms with van der Waals surface area (Å²) in [6, 6.07) is 66.1. The van der Waals surface area contributed by atoms with Crippen molar-refractivity contribution in [1.29, 1.82) is 0 Å². The fraction of sp³-hybridized carbons (Fsp3) is 0.341. The van der Waals surface area contributed by atoms with E-state index < -0.39 is 0 Å². The number of para-hydroxylation sites is 2. The summed E-state index contributed by atoms with van der Waals surface area (Å²) in [5.74, 6) is 2.04. The van der Waals surface area contributed by atoms with Gasteiger partial charge in [0.15, 0.2) is 0 Å². The van der Waals surface area contributed by atoms with Gasteiger partial charge in [0.05, 0.1) is 0 Å². The van der Waals surface area contributed by atoms with Gasteiger partial charge in [0.25, 0.3) is 0 Å². The Morgan fingerprint density at radius 1 is 0.466 bits per heavy atom. The fourth-order valence-corrected chi connectivity index (χ4v) is 13.3. The number of aromatic nitrogens is 2. The van der Waals surface area contributed by atoms with Crippen LogP contribution in [-0.4, -0.2) is 9.55 Å². The minimum absolute atomic E-state index is 0. The zero-order chi connectivity index (χ0) is 62.1. The normalized spacial score (nSPS) is 15.1. The van der Waals surface area contributed by atoms with Crippen LogP contribution in [0.5, 0.6) is 11.5 Å². The van der Waals surface area contributed by atoms with Crippen LogP contribution in [0, 0.1) is 18.8 Å². The molecule has 0 amide bonds. The number of anilines is 4. The molecule has 8 aromatic carbocycles. The second kappa shape index (κ2) is 22.1. The van der Waals surface area contributed by atoms with Crippen LogP contribution in [0.1, 0.15) is 183 Å². The maximum atomic E-state index is 6.97. The van der Waals surface area contributed by atoms with E-state index in [4.69, 9.17) is 9.72 Å². The third-order valence-electron chi connectivity index (χ3n) is 18.7. The average Bonchev–Trinajstić information content (AvgIpc) is 1.78. The summed E-state index contributed by atoms with van der Waals surface area (Å²) in [6.07, 6.45) is 4.45.